The van der Waals surface area contributed by atoms with Gasteiger partial charge in [0.1, 0.15) is 18.4 Å². The molecule has 0 unspecified atom stereocenters. The van der Waals surface area contributed by atoms with E-state index in [0.29, 0.717) is 28.5 Å². The van der Waals surface area contributed by atoms with Crippen molar-refractivity contribution in [3.63, 3.8) is 0 Å². The maximum Gasteiger partial charge on any atom is 0.275 e. The smallest absolute Gasteiger partial charge is 0.275 e. The molecule has 0 aliphatic rings. The number of hydrogen-bond donors (Lipinski definition) is 1. The summed E-state index contributed by atoms with van der Waals surface area (Å²) in [5, 5.41) is 15.8. The highest BCUT2D eigenvalue weighted by atomic mass is 16.5. The SMILES string of the molecule is Cc1ccc(NC(=O)Cn2c(C)cc(=O)n3nc(-c4ccc(OCC#N)cc4)nc23)cc1. The van der Waals surface area contributed by atoms with Crippen molar-refractivity contribution in [2.45, 2.75) is 20.4 Å². The van der Waals surface area contributed by atoms with E-state index in [0.717, 1.165) is 5.56 Å². The largest absolute Gasteiger partial charge is 0.479 e. The number of amides is 1. The van der Waals surface area contributed by atoms with E-state index in [1.165, 1.54) is 10.6 Å². The molecule has 0 atom stereocenters. The zero-order valence-corrected chi connectivity index (χ0v) is 17.6. The van der Waals surface area contributed by atoms with Crippen molar-refractivity contribution in [1.82, 2.24) is 19.2 Å². The molecule has 4 aromatic rings. The minimum atomic E-state index is -0.333. The minimum absolute atomic E-state index is 0.0252. The molecule has 0 radical (unpaired) electrons. The van der Waals surface area contributed by atoms with Gasteiger partial charge in [-0.25, -0.2) is 0 Å². The first kappa shape index (κ1) is 20.8. The summed E-state index contributed by atoms with van der Waals surface area (Å²) in [4.78, 5) is 29.6. The first-order valence-corrected chi connectivity index (χ1v) is 9.88. The van der Waals surface area contributed by atoms with Gasteiger partial charge in [0.25, 0.3) is 5.56 Å². The van der Waals surface area contributed by atoms with Gasteiger partial charge in [-0.05, 0) is 50.2 Å². The summed E-state index contributed by atoms with van der Waals surface area (Å²) >= 11 is 0. The Labute approximate surface area is 183 Å². The van der Waals surface area contributed by atoms with E-state index in [1.807, 2.05) is 37.3 Å². The van der Waals surface area contributed by atoms with Crippen LogP contribution in [0.2, 0.25) is 0 Å². The molecule has 9 nitrogen and oxygen atoms in total. The van der Waals surface area contributed by atoms with Crippen LogP contribution in [0.3, 0.4) is 0 Å². The lowest BCUT2D eigenvalue weighted by Crippen LogP contribution is -2.25. The molecule has 2 aromatic carbocycles. The van der Waals surface area contributed by atoms with Crippen LogP contribution in [-0.2, 0) is 11.3 Å². The van der Waals surface area contributed by atoms with Crippen LogP contribution < -0.4 is 15.6 Å². The van der Waals surface area contributed by atoms with Gasteiger partial charge in [0, 0.05) is 23.0 Å². The number of fused-ring (bicyclic) bond motifs is 1. The van der Waals surface area contributed by atoms with E-state index in [2.05, 4.69) is 15.4 Å². The Hall–Kier alpha value is -4.45. The van der Waals surface area contributed by atoms with Crippen LogP contribution in [0.25, 0.3) is 17.2 Å². The summed E-state index contributed by atoms with van der Waals surface area (Å²) in [6.45, 7) is 3.65. The molecule has 0 saturated carbocycles. The van der Waals surface area contributed by atoms with Crippen LogP contribution in [0.5, 0.6) is 5.75 Å². The van der Waals surface area contributed by atoms with Crippen LogP contribution in [0.4, 0.5) is 5.69 Å². The number of hydrogen-bond acceptors (Lipinski definition) is 6. The van der Waals surface area contributed by atoms with Crippen molar-refractivity contribution in [3.8, 4) is 23.2 Å². The zero-order valence-electron chi connectivity index (χ0n) is 17.6. The van der Waals surface area contributed by atoms with Gasteiger partial charge in [0.2, 0.25) is 11.7 Å². The van der Waals surface area contributed by atoms with Crippen LogP contribution >= 0.6 is 0 Å². The highest BCUT2D eigenvalue weighted by molar-refractivity contribution is 5.90. The third-order valence-corrected chi connectivity index (χ3v) is 4.85. The van der Waals surface area contributed by atoms with Gasteiger partial charge in [0.05, 0.1) is 0 Å². The number of nitrogens with one attached hydrogen (secondary N) is 1. The van der Waals surface area contributed by atoms with Crippen LogP contribution in [-0.4, -0.2) is 31.7 Å². The molecule has 0 spiro atoms. The van der Waals surface area contributed by atoms with Gasteiger partial charge in [-0.3, -0.25) is 9.59 Å². The number of aromatic nitrogens is 4. The molecule has 2 aromatic heterocycles. The fourth-order valence-corrected chi connectivity index (χ4v) is 3.22. The van der Waals surface area contributed by atoms with Crippen molar-refractivity contribution in [1.29, 1.82) is 5.26 Å². The van der Waals surface area contributed by atoms with Crippen molar-refractivity contribution in [2.75, 3.05) is 11.9 Å². The maximum atomic E-state index is 12.6. The summed E-state index contributed by atoms with van der Waals surface area (Å²) in [5.41, 5.74) is 2.73. The van der Waals surface area contributed by atoms with E-state index < -0.39 is 0 Å². The lowest BCUT2D eigenvalue weighted by Gasteiger charge is -2.11. The molecule has 32 heavy (non-hydrogen) atoms. The second-order valence-corrected chi connectivity index (χ2v) is 7.24. The summed E-state index contributed by atoms with van der Waals surface area (Å²) in [7, 11) is 0. The predicted molar refractivity (Wildman–Crippen MR) is 118 cm³/mol. The van der Waals surface area contributed by atoms with Crippen LogP contribution in [0.15, 0.2) is 59.4 Å². The van der Waals surface area contributed by atoms with Crippen molar-refractivity contribution < 1.29 is 9.53 Å². The highest BCUT2D eigenvalue weighted by Gasteiger charge is 2.16. The number of carbonyl (C=O) groups excluding carboxylic acids is 1. The zero-order chi connectivity index (χ0) is 22.7. The quantitative estimate of drug-likeness (QED) is 0.505. The van der Waals surface area contributed by atoms with E-state index in [1.54, 1.807) is 35.8 Å². The third kappa shape index (κ3) is 4.34. The van der Waals surface area contributed by atoms with E-state index >= 15 is 0 Å². The highest BCUT2D eigenvalue weighted by Crippen LogP contribution is 2.20. The normalized spacial score (nSPS) is 10.7. The first-order chi connectivity index (χ1) is 15.4. The lowest BCUT2D eigenvalue weighted by atomic mass is 10.2. The van der Waals surface area contributed by atoms with Crippen LogP contribution in [0.1, 0.15) is 11.3 Å². The van der Waals surface area contributed by atoms with E-state index in [-0.39, 0.29) is 30.4 Å². The third-order valence-electron chi connectivity index (χ3n) is 4.85. The number of rotatable bonds is 6. The van der Waals surface area contributed by atoms with Gasteiger partial charge in [-0.1, -0.05) is 17.7 Å². The molecule has 0 bridgehead atoms. The first-order valence-electron chi connectivity index (χ1n) is 9.88. The Morgan fingerprint density at radius 1 is 1.12 bits per heavy atom. The average molecular weight is 428 g/mol. The van der Waals surface area contributed by atoms with Gasteiger partial charge < -0.3 is 14.6 Å². The molecular formula is C23H20N6O3. The molecular weight excluding hydrogens is 408 g/mol. The summed E-state index contributed by atoms with van der Waals surface area (Å²) < 4.78 is 8.08. The van der Waals surface area contributed by atoms with Gasteiger partial charge in [0.15, 0.2) is 12.4 Å². The average Bonchev–Trinajstić information content (AvgIpc) is 3.23. The lowest BCUT2D eigenvalue weighted by molar-refractivity contribution is -0.116. The van der Waals surface area contributed by atoms with Gasteiger partial charge in [-0.15, -0.1) is 5.10 Å². The molecule has 9 heteroatoms. The second-order valence-electron chi connectivity index (χ2n) is 7.24. The van der Waals surface area contributed by atoms with E-state index in [4.69, 9.17) is 10.00 Å². The Morgan fingerprint density at radius 3 is 2.53 bits per heavy atom. The molecule has 2 heterocycles. The number of benzene rings is 2. The standard InChI is InChI=1S/C23H20N6O3/c1-15-3-7-18(8-4-15)25-20(30)14-28-16(2)13-21(31)29-23(28)26-22(27-29)17-5-9-19(10-6-17)32-12-11-24/h3-10,13H,12,14H2,1-2H3,(H,25,30). The Kier molecular flexibility index (Phi) is 5.68. The summed E-state index contributed by atoms with van der Waals surface area (Å²) in [6.07, 6.45) is 0. The molecule has 4 rings (SSSR count). The molecule has 160 valence electrons. The Balaban J connectivity index is 1.64. The van der Waals surface area contributed by atoms with Gasteiger partial charge >= 0.3 is 0 Å². The number of ether oxygens (including phenoxy) is 1. The van der Waals surface area contributed by atoms with E-state index in [9.17, 15) is 9.59 Å². The monoisotopic (exact) mass is 428 g/mol. The van der Waals surface area contributed by atoms with Crippen LogP contribution in [0, 0.1) is 25.2 Å². The molecule has 0 aliphatic carbocycles. The topological polar surface area (TPSA) is 114 Å². The van der Waals surface area contributed by atoms with Gasteiger partial charge in [-0.2, -0.15) is 14.8 Å². The number of carbonyl (C=O) groups is 1. The van der Waals surface area contributed by atoms with Crippen molar-refractivity contribution >= 4 is 17.4 Å². The number of nitriles is 1. The summed E-state index contributed by atoms with van der Waals surface area (Å²) in [6, 6.07) is 17.7. The predicted octanol–water partition coefficient (Wildman–Crippen LogP) is 2.72. The van der Waals surface area contributed by atoms with Crippen molar-refractivity contribution in [3.05, 3.63) is 76.2 Å². The second kappa shape index (κ2) is 8.73. The number of anilines is 1. The molecule has 1 amide bonds. The molecule has 0 aliphatic heterocycles. The molecule has 0 saturated heterocycles. The summed E-state index contributed by atoms with van der Waals surface area (Å²) in [5.74, 6) is 0.911. The Bertz CT molecular complexity index is 1380. The van der Waals surface area contributed by atoms with Crippen molar-refractivity contribution in [2.24, 2.45) is 0 Å². The maximum absolute atomic E-state index is 12.6. The minimum Gasteiger partial charge on any atom is -0.479 e. The fourth-order valence-electron chi connectivity index (χ4n) is 3.22. The number of aryl methyl sites for hydroxylation is 2. The Morgan fingerprint density at radius 2 is 1.84 bits per heavy atom. The molecule has 0 fully saturated rings. The molecule has 1 N–H and O–H groups in total. The fraction of sp³-hybridized carbons (Fsp3) is 0.174. The number of nitrogens with zero attached hydrogens (tertiary/aromatic N) is 5.